The molecule has 5 heteroatoms. The Hall–Kier alpha value is -2.35. The van der Waals surface area contributed by atoms with Crippen LogP contribution in [0.2, 0.25) is 0 Å². The Morgan fingerprint density at radius 2 is 2.35 bits per heavy atom. The van der Waals surface area contributed by atoms with Crippen LogP contribution in [0.4, 0.5) is 5.82 Å². The predicted octanol–water partition coefficient (Wildman–Crippen LogP) is 1.61. The fourth-order valence-corrected chi connectivity index (χ4v) is 1.58. The molecule has 0 aliphatic carbocycles. The minimum atomic E-state index is 0.594. The van der Waals surface area contributed by atoms with Gasteiger partial charge >= 0.3 is 0 Å². The molecule has 0 aliphatic heterocycles. The van der Waals surface area contributed by atoms with Gasteiger partial charge in [-0.25, -0.2) is 4.98 Å². The predicted molar refractivity (Wildman–Crippen MR) is 64.2 cm³/mol. The lowest BCUT2D eigenvalue weighted by Crippen LogP contribution is -2.03. The zero-order valence-electron chi connectivity index (χ0n) is 9.81. The Kier molecular flexibility index (Phi) is 3.06. The Labute approximate surface area is 99.7 Å². The average molecular weight is 227 g/mol. The molecular weight excluding hydrogens is 214 g/mol. The second-order valence-electron chi connectivity index (χ2n) is 3.84. The van der Waals surface area contributed by atoms with E-state index in [1.165, 1.54) is 0 Å². The molecule has 0 fully saturated rings. The van der Waals surface area contributed by atoms with Crippen molar-refractivity contribution in [2.24, 2.45) is 7.05 Å². The monoisotopic (exact) mass is 227 g/mol. The zero-order valence-corrected chi connectivity index (χ0v) is 9.81. The standard InChI is InChI=1S/C12H13N5/c1-9-3-4-14-12(11(9)5-13)15-6-10-7-16-17(2)8-10/h3-4,7-8H,6H2,1-2H3,(H,14,15). The van der Waals surface area contributed by atoms with Crippen LogP contribution in [0, 0.1) is 18.3 Å². The summed E-state index contributed by atoms with van der Waals surface area (Å²) in [6.45, 7) is 2.51. The fourth-order valence-electron chi connectivity index (χ4n) is 1.58. The van der Waals surface area contributed by atoms with Crippen LogP contribution in [0.15, 0.2) is 24.7 Å². The topological polar surface area (TPSA) is 66.5 Å². The summed E-state index contributed by atoms with van der Waals surface area (Å²) in [7, 11) is 1.87. The van der Waals surface area contributed by atoms with Crippen molar-refractivity contribution in [3.8, 4) is 6.07 Å². The maximum absolute atomic E-state index is 9.05. The highest BCUT2D eigenvalue weighted by Gasteiger charge is 2.06. The van der Waals surface area contributed by atoms with Crippen LogP contribution in [-0.4, -0.2) is 14.8 Å². The SMILES string of the molecule is Cc1ccnc(NCc2cnn(C)c2)c1C#N. The minimum Gasteiger partial charge on any atom is -0.365 e. The Morgan fingerprint density at radius 3 is 3.00 bits per heavy atom. The van der Waals surface area contributed by atoms with E-state index in [1.807, 2.05) is 26.2 Å². The van der Waals surface area contributed by atoms with E-state index in [0.29, 0.717) is 17.9 Å². The number of nitrogens with one attached hydrogen (secondary N) is 1. The van der Waals surface area contributed by atoms with E-state index >= 15 is 0 Å². The van der Waals surface area contributed by atoms with Gasteiger partial charge in [-0.15, -0.1) is 0 Å². The summed E-state index contributed by atoms with van der Waals surface area (Å²) in [6.07, 6.45) is 5.41. The van der Waals surface area contributed by atoms with Gasteiger partial charge in [-0.05, 0) is 18.6 Å². The molecule has 0 aliphatic rings. The molecule has 0 aromatic carbocycles. The summed E-state index contributed by atoms with van der Waals surface area (Å²) >= 11 is 0. The molecule has 0 radical (unpaired) electrons. The molecule has 2 aromatic heterocycles. The molecule has 17 heavy (non-hydrogen) atoms. The van der Waals surface area contributed by atoms with Crippen molar-refractivity contribution in [3.63, 3.8) is 0 Å². The first-order valence-electron chi connectivity index (χ1n) is 5.28. The van der Waals surface area contributed by atoms with Gasteiger partial charge in [0.25, 0.3) is 0 Å². The highest BCUT2D eigenvalue weighted by atomic mass is 15.2. The van der Waals surface area contributed by atoms with Crippen LogP contribution in [0.3, 0.4) is 0 Å². The van der Waals surface area contributed by atoms with Crippen molar-refractivity contribution in [1.29, 1.82) is 5.26 Å². The number of nitrogens with zero attached hydrogens (tertiary/aromatic N) is 4. The third-order valence-corrected chi connectivity index (χ3v) is 2.49. The van der Waals surface area contributed by atoms with Gasteiger partial charge in [0, 0.05) is 31.5 Å². The highest BCUT2D eigenvalue weighted by Crippen LogP contribution is 2.15. The lowest BCUT2D eigenvalue weighted by molar-refractivity contribution is 0.767. The first kappa shape index (κ1) is 11.1. The van der Waals surface area contributed by atoms with Gasteiger partial charge in [0.15, 0.2) is 0 Å². The largest absolute Gasteiger partial charge is 0.365 e. The summed E-state index contributed by atoms with van der Waals surface area (Å²) in [5.41, 5.74) is 2.58. The van der Waals surface area contributed by atoms with Crippen LogP contribution in [0.5, 0.6) is 0 Å². The number of anilines is 1. The summed E-state index contributed by atoms with van der Waals surface area (Å²) in [5, 5.41) is 16.3. The number of hydrogen-bond donors (Lipinski definition) is 1. The number of rotatable bonds is 3. The minimum absolute atomic E-state index is 0.594. The maximum Gasteiger partial charge on any atom is 0.144 e. The number of nitriles is 1. The summed E-state index contributed by atoms with van der Waals surface area (Å²) in [5.74, 6) is 0.622. The van der Waals surface area contributed by atoms with Crippen molar-refractivity contribution in [3.05, 3.63) is 41.3 Å². The Balaban J connectivity index is 2.14. The van der Waals surface area contributed by atoms with E-state index < -0.39 is 0 Å². The van der Waals surface area contributed by atoms with Crippen LogP contribution >= 0.6 is 0 Å². The first-order valence-corrected chi connectivity index (χ1v) is 5.28. The van der Waals surface area contributed by atoms with Crippen molar-refractivity contribution in [2.45, 2.75) is 13.5 Å². The Morgan fingerprint density at radius 1 is 1.53 bits per heavy atom. The molecule has 2 heterocycles. The van der Waals surface area contributed by atoms with Crippen LogP contribution in [-0.2, 0) is 13.6 Å². The number of aryl methyl sites for hydroxylation is 2. The quantitative estimate of drug-likeness (QED) is 0.865. The highest BCUT2D eigenvalue weighted by molar-refractivity contribution is 5.55. The average Bonchev–Trinajstić information content (AvgIpc) is 2.72. The fraction of sp³-hybridized carbons (Fsp3) is 0.250. The molecule has 0 amide bonds. The van der Waals surface area contributed by atoms with E-state index in [-0.39, 0.29) is 0 Å². The lowest BCUT2D eigenvalue weighted by atomic mass is 10.1. The van der Waals surface area contributed by atoms with Crippen molar-refractivity contribution < 1.29 is 0 Å². The van der Waals surface area contributed by atoms with Crippen molar-refractivity contribution >= 4 is 5.82 Å². The normalized spacial score (nSPS) is 9.94. The van der Waals surface area contributed by atoms with E-state index in [2.05, 4.69) is 21.5 Å². The number of aromatic nitrogens is 3. The molecule has 0 spiro atoms. The number of hydrogen-bond acceptors (Lipinski definition) is 4. The molecule has 1 N–H and O–H groups in total. The third-order valence-electron chi connectivity index (χ3n) is 2.49. The van der Waals surface area contributed by atoms with E-state index in [1.54, 1.807) is 17.1 Å². The molecule has 86 valence electrons. The second kappa shape index (κ2) is 4.66. The lowest BCUT2D eigenvalue weighted by Gasteiger charge is -2.07. The van der Waals surface area contributed by atoms with Crippen molar-refractivity contribution in [1.82, 2.24) is 14.8 Å². The van der Waals surface area contributed by atoms with Crippen molar-refractivity contribution in [2.75, 3.05) is 5.32 Å². The van der Waals surface area contributed by atoms with Gasteiger partial charge in [-0.2, -0.15) is 10.4 Å². The second-order valence-corrected chi connectivity index (χ2v) is 3.84. The molecule has 0 saturated carbocycles. The zero-order chi connectivity index (χ0) is 12.3. The van der Waals surface area contributed by atoms with Crippen LogP contribution in [0.1, 0.15) is 16.7 Å². The molecular formula is C12H13N5. The molecule has 2 aromatic rings. The summed E-state index contributed by atoms with van der Waals surface area (Å²) in [6, 6.07) is 3.99. The van der Waals surface area contributed by atoms with Gasteiger partial charge < -0.3 is 5.32 Å². The van der Waals surface area contributed by atoms with Crippen LogP contribution in [0.25, 0.3) is 0 Å². The molecule has 0 saturated heterocycles. The van der Waals surface area contributed by atoms with Gasteiger partial charge in [0.2, 0.25) is 0 Å². The molecule has 0 unspecified atom stereocenters. The number of pyridine rings is 1. The Bertz CT molecular complexity index is 565. The molecule has 2 rings (SSSR count). The smallest absolute Gasteiger partial charge is 0.144 e. The van der Waals surface area contributed by atoms with Gasteiger partial charge in [0.1, 0.15) is 11.9 Å². The van der Waals surface area contributed by atoms with E-state index in [0.717, 1.165) is 11.1 Å². The van der Waals surface area contributed by atoms with E-state index in [4.69, 9.17) is 5.26 Å². The maximum atomic E-state index is 9.05. The summed E-state index contributed by atoms with van der Waals surface area (Å²) in [4.78, 5) is 4.17. The van der Waals surface area contributed by atoms with Gasteiger partial charge in [-0.3, -0.25) is 4.68 Å². The van der Waals surface area contributed by atoms with Gasteiger partial charge in [-0.1, -0.05) is 0 Å². The van der Waals surface area contributed by atoms with E-state index in [9.17, 15) is 0 Å². The molecule has 0 atom stereocenters. The van der Waals surface area contributed by atoms with Gasteiger partial charge in [0.05, 0.1) is 11.8 Å². The van der Waals surface area contributed by atoms with Crippen LogP contribution < -0.4 is 5.32 Å². The third kappa shape index (κ3) is 2.42. The first-order chi connectivity index (χ1) is 8.20. The molecule has 5 nitrogen and oxygen atoms in total. The molecule has 0 bridgehead atoms. The summed E-state index contributed by atoms with van der Waals surface area (Å²) < 4.78 is 1.74.